The minimum absolute atomic E-state index is 0.0434. The maximum atomic E-state index is 12.8. The van der Waals surface area contributed by atoms with Gasteiger partial charge in [0.15, 0.2) is 0 Å². The molecule has 0 bridgehead atoms. The molecule has 0 aliphatic rings. The molecule has 0 spiro atoms. The van der Waals surface area contributed by atoms with Crippen LogP contribution in [-0.2, 0) is 10.0 Å². The van der Waals surface area contributed by atoms with Gasteiger partial charge < -0.3 is 9.14 Å². The number of hydrogen-bond donors (Lipinski definition) is 0. The van der Waals surface area contributed by atoms with Crippen LogP contribution in [0.1, 0.15) is 0 Å². The zero-order valence-corrected chi connectivity index (χ0v) is 11.9. The molecule has 112 valence electrons. The second-order valence-electron chi connectivity index (χ2n) is 4.50. The standard InChI is InChI=1S/C15H9FNO4S/c16-11-2-4-12(5-3-11)17-22(19,20)13-6-7-14-10(9-13)1-8-15(18)21-14/h1-9H/q-1. The summed E-state index contributed by atoms with van der Waals surface area (Å²) < 4.78 is 45.9. The van der Waals surface area contributed by atoms with E-state index in [1.807, 2.05) is 0 Å². The number of rotatable bonds is 3. The van der Waals surface area contributed by atoms with Gasteiger partial charge in [-0.3, -0.25) is 0 Å². The van der Waals surface area contributed by atoms with Gasteiger partial charge in [0.1, 0.15) is 21.4 Å². The Hall–Kier alpha value is -2.67. The summed E-state index contributed by atoms with van der Waals surface area (Å²) in [5.41, 5.74) is -0.103. The zero-order chi connectivity index (χ0) is 15.7. The molecule has 0 unspecified atom stereocenters. The second-order valence-corrected chi connectivity index (χ2v) is 6.10. The number of sulfonamides is 1. The Bertz CT molecular complexity index is 994. The Morgan fingerprint density at radius 3 is 2.41 bits per heavy atom. The highest BCUT2D eigenvalue weighted by Gasteiger charge is 2.07. The molecule has 0 atom stereocenters. The summed E-state index contributed by atoms with van der Waals surface area (Å²) >= 11 is 0. The van der Waals surface area contributed by atoms with Crippen LogP contribution in [0.2, 0.25) is 0 Å². The molecular formula is C15H9FNO4S-. The fraction of sp³-hybridized carbons (Fsp3) is 0. The van der Waals surface area contributed by atoms with Crippen LogP contribution in [-0.4, -0.2) is 8.42 Å². The van der Waals surface area contributed by atoms with Crippen LogP contribution in [0.4, 0.5) is 10.1 Å². The van der Waals surface area contributed by atoms with Gasteiger partial charge in [-0.2, -0.15) is 0 Å². The second kappa shape index (κ2) is 5.27. The van der Waals surface area contributed by atoms with Crippen molar-refractivity contribution in [2.24, 2.45) is 0 Å². The summed E-state index contributed by atoms with van der Waals surface area (Å²) in [6.45, 7) is 0. The first-order valence-electron chi connectivity index (χ1n) is 6.22. The molecule has 0 aliphatic heterocycles. The molecular weight excluding hydrogens is 309 g/mol. The molecule has 2 aromatic carbocycles. The summed E-state index contributed by atoms with van der Waals surface area (Å²) in [6.07, 6.45) is 0. The third kappa shape index (κ3) is 2.84. The number of halogens is 1. The number of nitrogens with zero attached hydrogens (tertiary/aromatic N) is 1. The molecule has 0 saturated carbocycles. The predicted molar refractivity (Wildman–Crippen MR) is 79.1 cm³/mol. The van der Waals surface area contributed by atoms with E-state index in [1.165, 1.54) is 42.5 Å². The van der Waals surface area contributed by atoms with Crippen LogP contribution in [0.3, 0.4) is 0 Å². The van der Waals surface area contributed by atoms with Gasteiger partial charge >= 0.3 is 5.63 Å². The lowest BCUT2D eigenvalue weighted by molar-refractivity contribution is 0.560. The molecule has 3 aromatic rings. The molecule has 5 nitrogen and oxygen atoms in total. The summed E-state index contributed by atoms with van der Waals surface area (Å²) in [5.74, 6) is -0.475. The van der Waals surface area contributed by atoms with Crippen molar-refractivity contribution in [3.8, 4) is 0 Å². The monoisotopic (exact) mass is 318 g/mol. The molecule has 22 heavy (non-hydrogen) atoms. The zero-order valence-electron chi connectivity index (χ0n) is 11.1. The molecule has 0 amide bonds. The highest BCUT2D eigenvalue weighted by Crippen LogP contribution is 2.29. The minimum Gasteiger partial charge on any atom is -0.573 e. The van der Waals surface area contributed by atoms with Gasteiger partial charge in [0.25, 0.3) is 0 Å². The molecule has 0 N–H and O–H groups in total. The van der Waals surface area contributed by atoms with Gasteiger partial charge in [-0.25, -0.2) is 17.6 Å². The maximum absolute atomic E-state index is 12.8. The van der Waals surface area contributed by atoms with E-state index in [0.29, 0.717) is 5.39 Å². The van der Waals surface area contributed by atoms with Gasteiger partial charge in [-0.15, -0.1) is 5.69 Å². The van der Waals surface area contributed by atoms with Crippen molar-refractivity contribution in [1.82, 2.24) is 0 Å². The molecule has 0 radical (unpaired) electrons. The van der Waals surface area contributed by atoms with Gasteiger partial charge in [0, 0.05) is 11.5 Å². The predicted octanol–water partition coefficient (Wildman–Crippen LogP) is 3.33. The lowest BCUT2D eigenvalue weighted by atomic mass is 10.2. The average Bonchev–Trinajstić information content (AvgIpc) is 2.49. The highest BCUT2D eigenvalue weighted by atomic mass is 32.2. The minimum atomic E-state index is -3.95. The first-order valence-corrected chi connectivity index (χ1v) is 7.66. The van der Waals surface area contributed by atoms with Crippen LogP contribution in [0.5, 0.6) is 0 Å². The Balaban J connectivity index is 1.99. The SMILES string of the molecule is O=c1ccc2cc(S(=O)(=O)[N-]c3ccc(F)cc3)ccc2o1. The van der Waals surface area contributed by atoms with E-state index in [1.54, 1.807) is 0 Å². The molecule has 1 heterocycles. The summed E-state index contributed by atoms with van der Waals surface area (Å²) in [6, 6.07) is 11.5. The van der Waals surface area contributed by atoms with Crippen molar-refractivity contribution in [3.63, 3.8) is 0 Å². The molecule has 0 aliphatic carbocycles. The van der Waals surface area contributed by atoms with Crippen LogP contribution >= 0.6 is 0 Å². The largest absolute Gasteiger partial charge is 0.573 e. The van der Waals surface area contributed by atoms with E-state index in [4.69, 9.17) is 4.42 Å². The van der Waals surface area contributed by atoms with E-state index in [9.17, 15) is 17.6 Å². The van der Waals surface area contributed by atoms with Crippen LogP contribution < -0.4 is 5.63 Å². The van der Waals surface area contributed by atoms with Crippen LogP contribution in [0.15, 0.2) is 68.7 Å². The van der Waals surface area contributed by atoms with Gasteiger partial charge in [0.2, 0.25) is 0 Å². The maximum Gasteiger partial charge on any atom is 0.336 e. The third-order valence-electron chi connectivity index (χ3n) is 2.94. The van der Waals surface area contributed by atoms with Crippen molar-refractivity contribution in [1.29, 1.82) is 0 Å². The van der Waals surface area contributed by atoms with Crippen molar-refractivity contribution in [2.75, 3.05) is 0 Å². The van der Waals surface area contributed by atoms with Gasteiger partial charge in [0.05, 0.1) is 4.90 Å². The number of fused-ring (bicyclic) bond motifs is 1. The smallest absolute Gasteiger partial charge is 0.336 e. The Kier molecular flexibility index (Phi) is 3.42. The highest BCUT2D eigenvalue weighted by molar-refractivity contribution is 7.94. The molecule has 3 rings (SSSR count). The normalized spacial score (nSPS) is 11.5. The topological polar surface area (TPSA) is 78.5 Å². The lowest BCUT2D eigenvalue weighted by Gasteiger charge is -2.21. The Morgan fingerprint density at radius 2 is 1.68 bits per heavy atom. The fourth-order valence-corrected chi connectivity index (χ4v) is 2.92. The summed E-state index contributed by atoms with van der Waals surface area (Å²) in [4.78, 5) is 11.1. The van der Waals surface area contributed by atoms with Gasteiger partial charge in [-0.1, -0.05) is 12.1 Å². The summed E-state index contributed by atoms with van der Waals surface area (Å²) in [7, 11) is -3.95. The average molecular weight is 318 g/mol. The molecule has 1 aromatic heterocycles. The van der Waals surface area contributed by atoms with Crippen molar-refractivity contribution in [2.45, 2.75) is 4.90 Å². The molecule has 0 fully saturated rings. The van der Waals surface area contributed by atoms with E-state index in [-0.39, 0.29) is 16.2 Å². The van der Waals surface area contributed by atoms with Crippen LogP contribution in [0, 0.1) is 5.82 Å². The van der Waals surface area contributed by atoms with E-state index < -0.39 is 21.5 Å². The third-order valence-corrected chi connectivity index (χ3v) is 4.24. The lowest BCUT2D eigenvalue weighted by Crippen LogP contribution is -1.99. The first kappa shape index (κ1) is 14.3. The quantitative estimate of drug-likeness (QED) is 0.694. The van der Waals surface area contributed by atoms with Gasteiger partial charge in [-0.05, 0) is 36.4 Å². The van der Waals surface area contributed by atoms with Crippen molar-refractivity contribution >= 4 is 26.7 Å². The first-order chi connectivity index (χ1) is 10.4. The van der Waals surface area contributed by atoms with E-state index >= 15 is 0 Å². The van der Waals surface area contributed by atoms with Crippen molar-refractivity contribution in [3.05, 3.63) is 75.6 Å². The Morgan fingerprint density at radius 1 is 0.955 bits per heavy atom. The van der Waals surface area contributed by atoms with Crippen LogP contribution in [0.25, 0.3) is 15.7 Å². The summed E-state index contributed by atoms with van der Waals surface area (Å²) in [5, 5.41) is 0.468. The number of benzene rings is 2. The van der Waals surface area contributed by atoms with E-state index in [2.05, 4.69) is 4.72 Å². The number of hydrogen-bond acceptors (Lipinski definition) is 4. The molecule has 0 saturated heterocycles. The molecule has 7 heteroatoms. The Labute approximate surface area is 125 Å². The fourth-order valence-electron chi connectivity index (χ4n) is 1.90. The van der Waals surface area contributed by atoms with E-state index in [0.717, 1.165) is 12.1 Å². The van der Waals surface area contributed by atoms with Crippen molar-refractivity contribution < 1.29 is 17.2 Å².